The molecule has 1 aromatic carbocycles. The second kappa shape index (κ2) is 5.35. The summed E-state index contributed by atoms with van der Waals surface area (Å²) in [5.41, 5.74) is 6.83. The predicted octanol–water partition coefficient (Wildman–Crippen LogP) is 2.13. The standard InChI is InChI=1S/C13H12N4O3/c1-8-3-2-4-9(5-8)16-13(18)11-6-10(17(19)20)7-15-12(11)14/h2-7H,1H3,(H2,14,15)(H,16,18). The van der Waals surface area contributed by atoms with Gasteiger partial charge in [0.25, 0.3) is 11.6 Å². The molecule has 0 fully saturated rings. The summed E-state index contributed by atoms with van der Waals surface area (Å²) < 4.78 is 0. The van der Waals surface area contributed by atoms with E-state index < -0.39 is 10.8 Å². The molecule has 0 radical (unpaired) electrons. The normalized spacial score (nSPS) is 10.1. The highest BCUT2D eigenvalue weighted by molar-refractivity contribution is 6.07. The molecule has 7 heteroatoms. The van der Waals surface area contributed by atoms with Crippen LogP contribution in [0.2, 0.25) is 0 Å². The highest BCUT2D eigenvalue weighted by Crippen LogP contribution is 2.18. The van der Waals surface area contributed by atoms with Crippen LogP contribution in [0.5, 0.6) is 0 Å². The van der Waals surface area contributed by atoms with E-state index in [1.54, 1.807) is 18.2 Å². The number of benzene rings is 1. The molecule has 2 rings (SSSR count). The molecule has 1 amide bonds. The monoisotopic (exact) mass is 272 g/mol. The summed E-state index contributed by atoms with van der Waals surface area (Å²) in [5.74, 6) is -0.593. The van der Waals surface area contributed by atoms with Gasteiger partial charge in [0.2, 0.25) is 0 Å². The molecule has 20 heavy (non-hydrogen) atoms. The summed E-state index contributed by atoms with van der Waals surface area (Å²) in [5, 5.41) is 13.3. The number of hydrogen-bond acceptors (Lipinski definition) is 5. The summed E-state index contributed by atoms with van der Waals surface area (Å²) in [6.07, 6.45) is 1.01. The van der Waals surface area contributed by atoms with Crippen LogP contribution in [0.3, 0.4) is 0 Å². The number of hydrogen-bond donors (Lipinski definition) is 2. The van der Waals surface area contributed by atoms with Crippen LogP contribution >= 0.6 is 0 Å². The number of rotatable bonds is 3. The topological polar surface area (TPSA) is 111 Å². The van der Waals surface area contributed by atoms with Crippen molar-refractivity contribution in [1.82, 2.24) is 4.98 Å². The molecule has 0 unspecified atom stereocenters. The van der Waals surface area contributed by atoms with Crippen molar-refractivity contribution in [1.29, 1.82) is 0 Å². The molecule has 0 aliphatic carbocycles. The quantitative estimate of drug-likeness (QED) is 0.656. The molecule has 0 aliphatic heterocycles. The maximum absolute atomic E-state index is 12.1. The first-order chi connectivity index (χ1) is 9.47. The molecule has 0 saturated carbocycles. The van der Waals surface area contributed by atoms with Crippen molar-refractivity contribution in [3.8, 4) is 0 Å². The van der Waals surface area contributed by atoms with Crippen molar-refractivity contribution in [2.24, 2.45) is 0 Å². The van der Waals surface area contributed by atoms with E-state index in [4.69, 9.17) is 5.73 Å². The fraction of sp³-hybridized carbons (Fsp3) is 0.0769. The van der Waals surface area contributed by atoms with Gasteiger partial charge >= 0.3 is 0 Å². The number of amides is 1. The number of nitrogens with two attached hydrogens (primary N) is 1. The second-order valence-corrected chi connectivity index (χ2v) is 4.21. The molecule has 0 aliphatic rings. The van der Waals surface area contributed by atoms with Gasteiger partial charge in [0.1, 0.15) is 12.0 Å². The van der Waals surface area contributed by atoms with E-state index in [-0.39, 0.29) is 17.1 Å². The Balaban J connectivity index is 2.29. The van der Waals surface area contributed by atoms with E-state index in [1.165, 1.54) is 0 Å². The zero-order valence-corrected chi connectivity index (χ0v) is 10.7. The number of nitro groups is 1. The Morgan fingerprint density at radius 3 is 2.80 bits per heavy atom. The minimum absolute atomic E-state index is 0.0271. The first kappa shape index (κ1) is 13.5. The molecule has 2 aromatic rings. The van der Waals surface area contributed by atoms with Gasteiger partial charge in [-0.2, -0.15) is 0 Å². The fourth-order valence-electron chi connectivity index (χ4n) is 1.67. The predicted molar refractivity (Wildman–Crippen MR) is 74.4 cm³/mol. The van der Waals surface area contributed by atoms with Crippen LogP contribution in [0.1, 0.15) is 15.9 Å². The van der Waals surface area contributed by atoms with Crippen LogP contribution in [0.4, 0.5) is 17.2 Å². The number of nitrogen functional groups attached to an aromatic ring is 1. The molecule has 1 aromatic heterocycles. The molecular weight excluding hydrogens is 260 g/mol. The number of carbonyl (C=O) groups excluding carboxylic acids is 1. The third kappa shape index (κ3) is 2.89. The van der Waals surface area contributed by atoms with Gasteiger partial charge in [0.15, 0.2) is 0 Å². The van der Waals surface area contributed by atoms with Gasteiger partial charge in [-0.15, -0.1) is 0 Å². The first-order valence-electron chi connectivity index (χ1n) is 5.75. The van der Waals surface area contributed by atoms with Gasteiger partial charge in [0, 0.05) is 11.8 Å². The average Bonchev–Trinajstić information content (AvgIpc) is 2.38. The Bertz CT molecular complexity index is 685. The van der Waals surface area contributed by atoms with Gasteiger partial charge in [0.05, 0.1) is 10.5 Å². The molecule has 0 atom stereocenters. The number of carbonyl (C=O) groups is 1. The van der Waals surface area contributed by atoms with Crippen LogP contribution in [-0.4, -0.2) is 15.8 Å². The number of anilines is 2. The van der Waals surface area contributed by atoms with Crippen LogP contribution in [-0.2, 0) is 0 Å². The van der Waals surface area contributed by atoms with E-state index in [0.717, 1.165) is 17.8 Å². The fourth-order valence-corrected chi connectivity index (χ4v) is 1.67. The lowest BCUT2D eigenvalue weighted by atomic mass is 10.2. The van der Waals surface area contributed by atoms with Crippen LogP contribution < -0.4 is 11.1 Å². The number of aryl methyl sites for hydroxylation is 1. The molecule has 0 spiro atoms. The smallest absolute Gasteiger partial charge is 0.288 e. The van der Waals surface area contributed by atoms with Gasteiger partial charge in [-0.1, -0.05) is 12.1 Å². The Morgan fingerprint density at radius 1 is 1.40 bits per heavy atom. The van der Waals surface area contributed by atoms with E-state index >= 15 is 0 Å². The van der Waals surface area contributed by atoms with Crippen molar-refractivity contribution in [3.05, 3.63) is 57.8 Å². The summed E-state index contributed by atoms with van der Waals surface area (Å²) in [7, 11) is 0. The maximum Gasteiger partial charge on any atom is 0.288 e. The third-order valence-corrected chi connectivity index (χ3v) is 2.64. The van der Waals surface area contributed by atoms with E-state index in [2.05, 4.69) is 10.3 Å². The van der Waals surface area contributed by atoms with Gasteiger partial charge in [-0.25, -0.2) is 4.98 Å². The molecule has 0 bridgehead atoms. The number of nitrogens with zero attached hydrogens (tertiary/aromatic N) is 2. The molecule has 7 nitrogen and oxygen atoms in total. The maximum atomic E-state index is 12.1. The van der Waals surface area contributed by atoms with E-state index in [9.17, 15) is 14.9 Å². The SMILES string of the molecule is Cc1cccc(NC(=O)c2cc([N+](=O)[O-])cnc2N)c1. The van der Waals surface area contributed by atoms with Crippen molar-refractivity contribution >= 4 is 23.1 Å². The lowest BCUT2D eigenvalue weighted by Crippen LogP contribution is -2.15. The molecular formula is C13H12N4O3. The Morgan fingerprint density at radius 2 is 2.15 bits per heavy atom. The highest BCUT2D eigenvalue weighted by Gasteiger charge is 2.16. The Hall–Kier alpha value is -2.96. The second-order valence-electron chi connectivity index (χ2n) is 4.21. The summed E-state index contributed by atoms with van der Waals surface area (Å²) >= 11 is 0. The largest absolute Gasteiger partial charge is 0.383 e. The minimum atomic E-state index is -0.629. The molecule has 3 N–H and O–H groups in total. The number of pyridine rings is 1. The summed E-state index contributed by atoms with van der Waals surface area (Å²) in [4.78, 5) is 25.8. The van der Waals surface area contributed by atoms with Crippen molar-refractivity contribution in [3.63, 3.8) is 0 Å². The molecule has 1 heterocycles. The zero-order valence-electron chi connectivity index (χ0n) is 10.7. The lowest BCUT2D eigenvalue weighted by Gasteiger charge is -2.07. The Labute approximate surface area is 114 Å². The molecule has 102 valence electrons. The Kier molecular flexibility index (Phi) is 3.60. The van der Waals surface area contributed by atoms with Crippen LogP contribution in [0, 0.1) is 17.0 Å². The van der Waals surface area contributed by atoms with Crippen molar-refractivity contribution < 1.29 is 9.72 Å². The summed E-state index contributed by atoms with van der Waals surface area (Å²) in [6, 6.07) is 8.27. The van der Waals surface area contributed by atoms with Crippen molar-refractivity contribution in [2.75, 3.05) is 11.1 Å². The first-order valence-corrected chi connectivity index (χ1v) is 5.75. The lowest BCUT2D eigenvalue weighted by molar-refractivity contribution is -0.385. The third-order valence-electron chi connectivity index (χ3n) is 2.64. The van der Waals surface area contributed by atoms with E-state index in [0.29, 0.717) is 5.69 Å². The van der Waals surface area contributed by atoms with Crippen LogP contribution in [0.15, 0.2) is 36.5 Å². The molecule has 0 saturated heterocycles. The number of nitrogens with one attached hydrogen (secondary N) is 1. The zero-order chi connectivity index (χ0) is 14.7. The average molecular weight is 272 g/mol. The highest BCUT2D eigenvalue weighted by atomic mass is 16.6. The van der Waals surface area contributed by atoms with E-state index in [1.807, 2.05) is 13.0 Å². The van der Waals surface area contributed by atoms with Gasteiger partial charge in [-0.3, -0.25) is 14.9 Å². The number of aromatic nitrogens is 1. The van der Waals surface area contributed by atoms with Crippen molar-refractivity contribution in [2.45, 2.75) is 6.92 Å². The van der Waals surface area contributed by atoms with Gasteiger partial charge < -0.3 is 11.1 Å². The minimum Gasteiger partial charge on any atom is -0.383 e. The summed E-state index contributed by atoms with van der Waals surface area (Å²) in [6.45, 7) is 1.89. The van der Waals surface area contributed by atoms with Gasteiger partial charge in [-0.05, 0) is 24.6 Å². The van der Waals surface area contributed by atoms with Crippen LogP contribution in [0.25, 0.3) is 0 Å².